The van der Waals surface area contributed by atoms with Crippen molar-refractivity contribution in [2.24, 2.45) is 0 Å². The van der Waals surface area contributed by atoms with Crippen LogP contribution in [-0.2, 0) is 0 Å². The van der Waals surface area contributed by atoms with Crippen LogP contribution in [0.25, 0.3) is 10.9 Å². The van der Waals surface area contributed by atoms with Gasteiger partial charge in [0.25, 0.3) is 5.91 Å². The van der Waals surface area contributed by atoms with Crippen LogP contribution in [-0.4, -0.2) is 53.1 Å². The number of ether oxygens (including phenoxy) is 1. The first-order chi connectivity index (χ1) is 13.8. The fraction of sp³-hybridized carbons (Fsp3) is 0.364. The van der Waals surface area contributed by atoms with Crippen LogP contribution < -0.4 is 9.64 Å². The monoisotopic (exact) mass is 376 g/mol. The molecule has 1 aromatic carbocycles. The van der Waals surface area contributed by atoms with Crippen LogP contribution >= 0.6 is 0 Å². The Kier molecular flexibility index (Phi) is 4.39. The molecule has 0 saturated carbocycles. The van der Waals surface area contributed by atoms with Crippen molar-refractivity contribution in [2.75, 3.05) is 31.1 Å². The summed E-state index contributed by atoms with van der Waals surface area (Å²) < 4.78 is 6.30. The lowest BCUT2D eigenvalue weighted by Gasteiger charge is -2.22. The second-order valence-corrected chi connectivity index (χ2v) is 7.55. The number of nitrogens with one attached hydrogen (secondary N) is 1. The van der Waals surface area contributed by atoms with E-state index < -0.39 is 0 Å². The van der Waals surface area contributed by atoms with E-state index in [9.17, 15) is 4.79 Å². The molecular weight excluding hydrogens is 352 g/mol. The van der Waals surface area contributed by atoms with Crippen LogP contribution in [0.4, 0.5) is 5.82 Å². The lowest BCUT2D eigenvalue weighted by atomic mass is 10.1. The molecule has 2 fully saturated rings. The average Bonchev–Trinajstić information content (AvgIpc) is 3.48. The number of fused-ring (bicyclic) bond motifs is 1. The van der Waals surface area contributed by atoms with Gasteiger partial charge in [-0.1, -0.05) is 12.1 Å². The summed E-state index contributed by atoms with van der Waals surface area (Å²) in [5, 5.41) is 1.06. The molecule has 0 aliphatic carbocycles. The summed E-state index contributed by atoms with van der Waals surface area (Å²) in [5.74, 6) is 1.82. The van der Waals surface area contributed by atoms with Gasteiger partial charge in [0.15, 0.2) is 11.6 Å². The number of para-hydroxylation sites is 1. The molecule has 1 N–H and O–H groups in total. The number of carbonyl (C=O) groups excluding carboxylic acids is 1. The lowest BCUT2D eigenvalue weighted by molar-refractivity contribution is 0.0774. The Morgan fingerprint density at radius 3 is 2.89 bits per heavy atom. The average molecular weight is 376 g/mol. The zero-order chi connectivity index (χ0) is 18.9. The number of nitrogens with zero attached hydrogens (tertiary/aromatic N) is 3. The molecule has 1 atom stereocenters. The predicted molar refractivity (Wildman–Crippen MR) is 109 cm³/mol. The molecule has 0 unspecified atom stereocenters. The van der Waals surface area contributed by atoms with Gasteiger partial charge in [-0.3, -0.25) is 4.79 Å². The van der Waals surface area contributed by atoms with E-state index in [1.54, 1.807) is 0 Å². The van der Waals surface area contributed by atoms with Gasteiger partial charge < -0.3 is 19.5 Å². The van der Waals surface area contributed by atoms with E-state index in [0.29, 0.717) is 13.1 Å². The van der Waals surface area contributed by atoms with Gasteiger partial charge in [-0.15, -0.1) is 0 Å². The summed E-state index contributed by atoms with van der Waals surface area (Å²) in [5.41, 5.74) is 1.63. The van der Waals surface area contributed by atoms with Crippen molar-refractivity contribution in [2.45, 2.75) is 25.4 Å². The number of aromatic amines is 1. The normalized spacial score (nSPS) is 19.5. The van der Waals surface area contributed by atoms with Gasteiger partial charge in [-0.05, 0) is 37.1 Å². The van der Waals surface area contributed by atoms with Crippen molar-refractivity contribution < 1.29 is 9.53 Å². The number of anilines is 1. The zero-order valence-electron chi connectivity index (χ0n) is 15.8. The Hall–Kier alpha value is -3.02. The molecule has 2 aliphatic heterocycles. The van der Waals surface area contributed by atoms with Crippen molar-refractivity contribution in [3.8, 4) is 5.75 Å². The maximum atomic E-state index is 13.1. The number of benzene rings is 1. The first-order valence-corrected chi connectivity index (χ1v) is 10.0. The van der Waals surface area contributed by atoms with Gasteiger partial charge >= 0.3 is 0 Å². The highest BCUT2D eigenvalue weighted by atomic mass is 16.5. The SMILES string of the molecule is O=C(c1cccc2cc[nH]c12)N1CC[C@@H](Oc2cccnc2N2CCCC2)C1. The van der Waals surface area contributed by atoms with Crippen LogP contribution in [0.15, 0.2) is 48.8 Å². The van der Waals surface area contributed by atoms with Crippen molar-refractivity contribution in [1.29, 1.82) is 0 Å². The molecule has 3 aromatic rings. The quantitative estimate of drug-likeness (QED) is 0.758. The second kappa shape index (κ2) is 7.19. The first kappa shape index (κ1) is 17.1. The summed E-state index contributed by atoms with van der Waals surface area (Å²) in [4.78, 5) is 25.0. The molecule has 0 bridgehead atoms. The highest BCUT2D eigenvalue weighted by Crippen LogP contribution is 2.31. The molecule has 5 rings (SSSR count). The number of H-pyrrole nitrogens is 1. The van der Waals surface area contributed by atoms with Crippen LogP contribution in [0.2, 0.25) is 0 Å². The molecule has 2 aliphatic rings. The Morgan fingerprint density at radius 1 is 1.11 bits per heavy atom. The second-order valence-electron chi connectivity index (χ2n) is 7.55. The van der Waals surface area contributed by atoms with Gasteiger partial charge in [0, 0.05) is 43.8 Å². The van der Waals surface area contributed by atoms with E-state index in [1.165, 1.54) is 12.8 Å². The smallest absolute Gasteiger partial charge is 0.256 e. The van der Waals surface area contributed by atoms with E-state index in [2.05, 4.69) is 14.9 Å². The highest BCUT2D eigenvalue weighted by molar-refractivity contribution is 6.05. The number of aromatic nitrogens is 2. The third kappa shape index (κ3) is 3.09. The predicted octanol–water partition coefficient (Wildman–Crippen LogP) is 3.46. The molecule has 144 valence electrons. The van der Waals surface area contributed by atoms with Gasteiger partial charge in [-0.2, -0.15) is 0 Å². The lowest BCUT2D eigenvalue weighted by Crippen LogP contribution is -2.31. The van der Waals surface area contributed by atoms with Crippen molar-refractivity contribution >= 4 is 22.6 Å². The van der Waals surface area contributed by atoms with E-state index in [1.807, 2.05) is 53.7 Å². The Morgan fingerprint density at radius 2 is 2.00 bits per heavy atom. The number of pyridine rings is 1. The molecule has 0 spiro atoms. The number of hydrogen-bond acceptors (Lipinski definition) is 4. The highest BCUT2D eigenvalue weighted by Gasteiger charge is 2.30. The van der Waals surface area contributed by atoms with Crippen LogP contribution in [0.1, 0.15) is 29.6 Å². The number of carbonyl (C=O) groups is 1. The first-order valence-electron chi connectivity index (χ1n) is 10.0. The van der Waals surface area contributed by atoms with Crippen LogP contribution in [0.3, 0.4) is 0 Å². The van der Waals surface area contributed by atoms with Crippen LogP contribution in [0, 0.1) is 0 Å². The summed E-state index contributed by atoms with van der Waals surface area (Å²) in [6, 6.07) is 11.7. The molecule has 28 heavy (non-hydrogen) atoms. The fourth-order valence-corrected chi connectivity index (χ4v) is 4.26. The molecule has 2 aromatic heterocycles. The van der Waals surface area contributed by atoms with E-state index >= 15 is 0 Å². The van der Waals surface area contributed by atoms with Gasteiger partial charge in [0.2, 0.25) is 0 Å². The third-order valence-electron chi connectivity index (χ3n) is 5.70. The summed E-state index contributed by atoms with van der Waals surface area (Å²) in [6.07, 6.45) is 6.93. The Labute approximate surface area is 164 Å². The topological polar surface area (TPSA) is 61.5 Å². The fourth-order valence-electron chi connectivity index (χ4n) is 4.26. The Balaban J connectivity index is 1.30. The molecule has 1 amide bonds. The molecule has 4 heterocycles. The molecule has 6 nitrogen and oxygen atoms in total. The molecule has 2 saturated heterocycles. The minimum absolute atomic E-state index is 0.00246. The van der Waals surface area contributed by atoms with Crippen molar-refractivity contribution in [1.82, 2.24) is 14.9 Å². The number of likely N-dealkylation sites (tertiary alicyclic amines) is 1. The van der Waals surface area contributed by atoms with E-state index in [4.69, 9.17) is 4.74 Å². The number of rotatable bonds is 4. The minimum atomic E-state index is -0.00246. The summed E-state index contributed by atoms with van der Waals surface area (Å²) in [7, 11) is 0. The number of amides is 1. The maximum absolute atomic E-state index is 13.1. The zero-order valence-corrected chi connectivity index (χ0v) is 15.8. The molecule has 6 heteroatoms. The molecular formula is C22H24N4O2. The van der Waals surface area contributed by atoms with Crippen molar-refractivity contribution in [3.05, 3.63) is 54.4 Å². The van der Waals surface area contributed by atoms with E-state index in [-0.39, 0.29) is 12.0 Å². The largest absolute Gasteiger partial charge is 0.485 e. The van der Waals surface area contributed by atoms with Gasteiger partial charge in [-0.25, -0.2) is 4.98 Å². The third-order valence-corrected chi connectivity index (χ3v) is 5.70. The number of hydrogen-bond donors (Lipinski definition) is 1. The maximum Gasteiger partial charge on any atom is 0.256 e. The van der Waals surface area contributed by atoms with Crippen molar-refractivity contribution in [3.63, 3.8) is 0 Å². The molecule has 0 radical (unpaired) electrons. The standard InChI is InChI=1S/C22H24N4O2/c27-22(18-6-3-5-16-8-11-23-20(16)18)26-14-9-17(15-26)28-19-7-4-10-24-21(19)25-12-1-2-13-25/h3-8,10-11,17,23H,1-2,9,12-15H2/t17-/m1/s1. The van der Waals surface area contributed by atoms with E-state index in [0.717, 1.165) is 47.5 Å². The Bertz CT molecular complexity index is 993. The van der Waals surface area contributed by atoms with Gasteiger partial charge in [0.1, 0.15) is 6.10 Å². The van der Waals surface area contributed by atoms with Gasteiger partial charge in [0.05, 0.1) is 17.6 Å². The summed E-state index contributed by atoms with van der Waals surface area (Å²) >= 11 is 0. The van der Waals surface area contributed by atoms with Crippen LogP contribution in [0.5, 0.6) is 5.75 Å². The minimum Gasteiger partial charge on any atom is -0.485 e. The summed E-state index contributed by atoms with van der Waals surface area (Å²) in [6.45, 7) is 3.37.